The van der Waals surface area contributed by atoms with Crippen LogP contribution in [0.4, 0.5) is 12.0 Å². The van der Waals surface area contributed by atoms with E-state index >= 15 is 0 Å². The summed E-state index contributed by atoms with van der Waals surface area (Å²) < 4.78 is 10.7. The van der Waals surface area contributed by atoms with Gasteiger partial charge >= 0.3 is 12.0 Å². The van der Waals surface area contributed by atoms with Gasteiger partial charge in [0.2, 0.25) is 5.89 Å². The van der Waals surface area contributed by atoms with Crippen molar-refractivity contribution >= 4 is 23.1 Å². The molecule has 0 aliphatic carbocycles. The molecule has 6 nitrogen and oxygen atoms in total. The smallest absolute Gasteiger partial charge is 0.323 e. The number of benzene rings is 1. The van der Waals surface area contributed by atoms with Crippen LogP contribution in [0.3, 0.4) is 0 Å². The first kappa shape index (κ1) is 9.83. The molecule has 2 heterocycles. The number of nitrogens with zero attached hydrogens (tertiary/aromatic N) is 3. The van der Waals surface area contributed by atoms with Gasteiger partial charge in [-0.3, -0.25) is 5.32 Å². The van der Waals surface area contributed by atoms with Gasteiger partial charge in [-0.2, -0.15) is 4.98 Å². The molecule has 17 heavy (non-hydrogen) atoms. The number of aryl methyl sites for hydroxylation is 2. The average molecular weight is 230 g/mol. The summed E-state index contributed by atoms with van der Waals surface area (Å²) in [6, 6.07) is 6.40. The predicted molar refractivity (Wildman–Crippen MR) is 61.1 cm³/mol. The molecule has 0 unspecified atom stereocenters. The molecule has 3 rings (SSSR count). The lowest BCUT2D eigenvalue weighted by molar-refractivity contribution is 0.528. The van der Waals surface area contributed by atoms with E-state index in [1.54, 1.807) is 6.92 Å². The minimum atomic E-state index is 0.269. The molecule has 0 amide bonds. The van der Waals surface area contributed by atoms with Crippen molar-refractivity contribution in [2.45, 2.75) is 13.8 Å². The third-order valence-electron chi connectivity index (χ3n) is 2.28. The summed E-state index contributed by atoms with van der Waals surface area (Å²) in [6.07, 6.45) is 0. The maximum absolute atomic E-state index is 5.49. The molecule has 3 aromatic rings. The maximum atomic E-state index is 5.49. The van der Waals surface area contributed by atoms with Crippen LogP contribution in [-0.4, -0.2) is 15.2 Å². The van der Waals surface area contributed by atoms with E-state index in [9.17, 15) is 0 Å². The van der Waals surface area contributed by atoms with Crippen molar-refractivity contribution in [1.82, 2.24) is 15.2 Å². The van der Waals surface area contributed by atoms with Crippen LogP contribution in [0.2, 0.25) is 0 Å². The summed E-state index contributed by atoms with van der Waals surface area (Å²) in [6.45, 7) is 3.72. The third kappa shape index (κ3) is 1.84. The maximum Gasteiger partial charge on any atom is 0.323 e. The first-order chi connectivity index (χ1) is 8.20. The molecule has 0 atom stereocenters. The fraction of sp³-hybridized carbons (Fsp3) is 0.182. The van der Waals surface area contributed by atoms with Crippen molar-refractivity contribution in [3.63, 3.8) is 0 Å². The Kier molecular flexibility index (Phi) is 2.07. The number of oxazole rings is 1. The number of fused-ring (bicyclic) bond motifs is 1. The molecule has 1 aromatic carbocycles. The molecule has 0 saturated carbocycles. The van der Waals surface area contributed by atoms with E-state index in [0.29, 0.717) is 17.5 Å². The van der Waals surface area contributed by atoms with Crippen molar-refractivity contribution < 1.29 is 8.83 Å². The number of aromatic nitrogens is 3. The minimum absolute atomic E-state index is 0.269. The first-order valence-electron chi connectivity index (χ1n) is 5.15. The van der Waals surface area contributed by atoms with Crippen LogP contribution in [-0.2, 0) is 0 Å². The molecule has 0 spiro atoms. The molecule has 0 fully saturated rings. The Bertz CT molecular complexity index is 671. The summed E-state index contributed by atoms with van der Waals surface area (Å²) in [4.78, 5) is 4.27. The molecule has 0 saturated heterocycles. The zero-order chi connectivity index (χ0) is 11.8. The first-order valence-corrected chi connectivity index (χ1v) is 5.15. The highest BCUT2D eigenvalue weighted by Crippen LogP contribution is 2.22. The summed E-state index contributed by atoms with van der Waals surface area (Å²) in [5.74, 6) is 0.486. The highest BCUT2D eigenvalue weighted by atomic mass is 16.4. The quantitative estimate of drug-likeness (QED) is 0.729. The molecule has 0 aliphatic rings. The molecule has 6 heteroatoms. The second-order valence-electron chi connectivity index (χ2n) is 3.74. The van der Waals surface area contributed by atoms with Crippen LogP contribution in [0.5, 0.6) is 0 Å². The van der Waals surface area contributed by atoms with Crippen molar-refractivity contribution in [1.29, 1.82) is 0 Å². The molecule has 86 valence electrons. The van der Waals surface area contributed by atoms with Gasteiger partial charge in [0.05, 0.1) is 0 Å². The Balaban J connectivity index is 1.95. The van der Waals surface area contributed by atoms with E-state index in [1.807, 2.05) is 25.1 Å². The fourth-order valence-corrected chi connectivity index (χ4v) is 1.53. The van der Waals surface area contributed by atoms with E-state index in [-0.39, 0.29) is 6.01 Å². The van der Waals surface area contributed by atoms with Gasteiger partial charge in [0.25, 0.3) is 0 Å². The van der Waals surface area contributed by atoms with Gasteiger partial charge in [-0.15, -0.1) is 5.10 Å². The minimum Gasteiger partial charge on any atom is -0.423 e. The monoisotopic (exact) mass is 230 g/mol. The summed E-state index contributed by atoms with van der Waals surface area (Å²) in [7, 11) is 0. The van der Waals surface area contributed by atoms with Crippen LogP contribution in [0, 0.1) is 13.8 Å². The van der Waals surface area contributed by atoms with Crippen molar-refractivity contribution in [3.8, 4) is 0 Å². The Labute approximate surface area is 96.7 Å². The van der Waals surface area contributed by atoms with E-state index in [1.165, 1.54) is 0 Å². The van der Waals surface area contributed by atoms with Crippen LogP contribution in [0.15, 0.2) is 27.0 Å². The summed E-state index contributed by atoms with van der Waals surface area (Å²) in [5.41, 5.74) is 2.64. The van der Waals surface area contributed by atoms with E-state index in [2.05, 4.69) is 20.5 Å². The lowest BCUT2D eigenvalue weighted by Gasteiger charge is -1.91. The lowest BCUT2D eigenvalue weighted by atomic mass is 10.2. The largest absolute Gasteiger partial charge is 0.423 e. The Hall–Kier alpha value is -2.37. The summed E-state index contributed by atoms with van der Waals surface area (Å²) >= 11 is 0. The topological polar surface area (TPSA) is 77.0 Å². The van der Waals surface area contributed by atoms with Gasteiger partial charge in [-0.25, -0.2) is 0 Å². The molecule has 0 radical (unpaired) electrons. The Morgan fingerprint density at radius 1 is 1.06 bits per heavy atom. The zero-order valence-corrected chi connectivity index (χ0v) is 9.39. The zero-order valence-electron chi connectivity index (χ0n) is 9.39. The molecule has 0 bridgehead atoms. The van der Waals surface area contributed by atoms with Gasteiger partial charge in [-0.05, 0) is 24.6 Å². The van der Waals surface area contributed by atoms with Crippen molar-refractivity contribution in [2.75, 3.05) is 5.32 Å². The Morgan fingerprint density at radius 2 is 1.94 bits per heavy atom. The average Bonchev–Trinajstić information content (AvgIpc) is 2.84. The van der Waals surface area contributed by atoms with Crippen LogP contribution in [0.1, 0.15) is 11.5 Å². The molecule has 0 aliphatic heterocycles. The standard InChI is InChI=1S/C11H10N4O2/c1-6-3-4-9-8(5-6)12-10(17-9)13-11-15-14-7(2)16-11/h3-5H,1-2H3,(H,12,13,15). The Morgan fingerprint density at radius 3 is 2.71 bits per heavy atom. The molecule has 1 N–H and O–H groups in total. The molecule has 2 aromatic heterocycles. The van der Waals surface area contributed by atoms with Gasteiger partial charge in [0.1, 0.15) is 5.52 Å². The predicted octanol–water partition coefficient (Wildman–Crippen LogP) is 2.57. The summed E-state index contributed by atoms with van der Waals surface area (Å²) in [5, 5.41) is 10.3. The van der Waals surface area contributed by atoms with E-state index < -0.39 is 0 Å². The number of rotatable bonds is 2. The van der Waals surface area contributed by atoms with Gasteiger partial charge in [0.15, 0.2) is 5.58 Å². The number of hydrogen-bond acceptors (Lipinski definition) is 6. The second-order valence-corrected chi connectivity index (χ2v) is 3.74. The lowest BCUT2D eigenvalue weighted by Crippen LogP contribution is -1.89. The van der Waals surface area contributed by atoms with E-state index in [4.69, 9.17) is 8.83 Å². The highest BCUT2D eigenvalue weighted by Gasteiger charge is 2.09. The van der Waals surface area contributed by atoms with Crippen molar-refractivity contribution in [3.05, 3.63) is 29.7 Å². The van der Waals surface area contributed by atoms with Crippen LogP contribution < -0.4 is 5.32 Å². The normalized spacial score (nSPS) is 10.9. The number of anilines is 2. The van der Waals surface area contributed by atoms with Gasteiger partial charge < -0.3 is 8.83 Å². The number of nitrogens with one attached hydrogen (secondary N) is 1. The van der Waals surface area contributed by atoms with Crippen LogP contribution >= 0.6 is 0 Å². The van der Waals surface area contributed by atoms with Gasteiger partial charge in [-0.1, -0.05) is 11.2 Å². The van der Waals surface area contributed by atoms with Gasteiger partial charge in [0, 0.05) is 6.92 Å². The van der Waals surface area contributed by atoms with E-state index in [0.717, 1.165) is 11.1 Å². The highest BCUT2D eigenvalue weighted by molar-refractivity contribution is 5.75. The second kappa shape index (κ2) is 3.58. The number of hydrogen-bond donors (Lipinski definition) is 1. The third-order valence-corrected chi connectivity index (χ3v) is 2.28. The fourth-order valence-electron chi connectivity index (χ4n) is 1.53. The molecular weight excluding hydrogens is 220 g/mol. The molecular formula is C11H10N4O2. The van der Waals surface area contributed by atoms with Crippen LogP contribution in [0.25, 0.3) is 11.1 Å². The van der Waals surface area contributed by atoms with Crippen molar-refractivity contribution in [2.24, 2.45) is 0 Å². The SMILES string of the molecule is Cc1ccc2oc(Nc3nnc(C)o3)nc2c1.